The van der Waals surface area contributed by atoms with Crippen molar-refractivity contribution < 1.29 is 8.42 Å². The molecule has 1 fully saturated rings. The molecular formula is C16H17ClN2O2S. The summed E-state index contributed by atoms with van der Waals surface area (Å²) in [5, 5.41) is -0.222. The van der Waals surface area contributed by atoms with E-state index in [1.54, 1.807) is 12.1 Å². The van der Waals surface area contributed by atoms with E-state index in [1.165, 1.54) is 12.1 Å². The van der Waals surface area contributed by atoms with Gasteiger partial charge in [-0.2, -0.15) is 0 Å². The van der Waals surface area contributed by atoms with Crippen molar-refractivity contribution in [3.63, 3.8) is 0 Å². The summed E-state index contributed by atoms with van der Waals surface area (Å²) in [5.41, 5.74) is 12.0. The second-order valence-electron chi connectivity index (χ2n) is 5.62. The summed E-state index contributed by atoms with van der Waals surface area (Å²) in [6.07, 6.45) is 0. The molecule has 3 rings (SSSR count). The summed E-state index contributed by atoms with van der Waals surface area (Å²) in [4.78, 5) is 0.226. The lowest BCUT2D eigenvalue weighted by atomic mass is 10.1. The van der Waals surface area contributed by atoms with E-state index in [0.717, 1.165) is 5.56 Å². The van der Waals surface area contributed by atoms with E-state index in [-0.39, 0.29) is 17.4 Å². The fourth-order valence-electron chi connectivity index (χ4n) is 3.05. The Morgan fingerprint density at radius 1 is 1.05 bits per heavy atom. The molecule has 0 radical (unpaired) electrons. The van der Waals surface area contributed by atoms with Crippen LogP contribution in [0.4, 0.5) is 0 Å². The van der Waals surface area contributed by atoms with Crippen molar-refractivity contribution in [2.24, 2.45) is 11.5 Å². The second kappa shape index (κ2) is 5.35. The van der Waals surface area contributed by atoms with Crippen molar-refractivity contribution in [3.05, 3.63) is 65.2 Å². The average Bonchev–Trinajstić information content (AvgIpc) is 3.16. The van der Waals surface area contributed by atoms with Gasteiger partial charge in [0.1, 0.15) is 0 Å². The number of sulfone groups is 1. The number of nitrogens with two attached hydrogens (primary N) is 2. The molecule has 0 aliphatic heterocycles. The van der Waals surface area contributed by atoms with Gasteiger partial charge in [-0.25, -0.2) is 8.42 Å². The smallest absolute Gasteiger partial charge is 0.183 e. The van der Waals surface area contributed by atoms with Crippen LogP contribution < -0.4 is 11.5 Å². The first-order valence-corrected chi connectivity index (χ1v) is 8.87. The van der Waals surface area contributed by atoms with Gasteiger partial charge in [-0.05, 0) is 29.8 Å². The molecule has 0 bridgehead atoms. The maximum absolute atomic E-state index is 12.9. The van der Waals surface area contributed by atoms with Crippen LogP contribution in [0.5, 0.6) is 0 Å². The number of hydrogen-bond donors (Lipinski definition) is 2. The van der Waals surface area contributed by atoms with E-state index < -0.39 is 20.6 Å². The monoisotopic (exact) mass is 336 g/mol. The Morgan fingerprint density at radius 3 is 2.18 bits per heavy atom. The second-order valence-corrected chi connectivity index (χ2v) is 8.13. The van der Waals surface area contributed by atoms with Gasteiger partial charge in [0.15, 0.2) is 9.84 Å². The number of benzene rings is 2. The Bertz CT molecular complexity index is 778. The van der Waals surface area contributed by atoms with Crippen LogP contribution in [0, 0.1) is 0 Å². The van der Waals surface area contributed by atoms with Crippen LogP contribution in [0.1, 0.15) is 11.5 Å². The van der Waals surface area contributed by atoms with Gasteiger partial charge in [0.25, 0.3) is 0 Å². The highest BCUT2D eigenvalue weighted by atomic mass is 35.5. The Kier molecular flexibility index (Phi) is 3.77. The Morgan fingerprint density at radius 2 is 1.64 bits per heavy atom. The van der Waals surface area contributed by atoms with E-state index in [1.807, 2.05) is 30.3 Å². The standard InChI is InChI=1S/C16H17ClN2O2S/c17-12-6-8-13(9-7-12)22(20,21)15-14(16(15,19)10-18)11-4-2-1-3-5-11/h1-9,14-15H,10,18-19H2/t14-,15-,16+/m0/s1. The van der Waals surface area contributed by atoms with Gasteiger partial charge in [0.2, 0.25) is 0 Å². The van der Waals surface area contributed by atoms with Gasteiger partial charge < -0.3 is 11.5 Å². The maximum atomic E-state index is 12.9. The molecule has 0 aromatic heterocycles. The van der Waals surface area contributed by atoms with Crippen LogP contribution >= 0.6 is 11.6 Å². The molecule has 6 heteroatoms. The molecule has 1 aliphatic carbocycles. The Hall–Kier alpha value is -1.40. The van der Waals surface area contributed by atoms with Gasteiger partial charge in [-0.3, -0.25) is 0 Å². The summed E-state index contributed by atoms with van der Waals surface area (Å²) in [5.74, 6) is -0.292. The summed E-state index contributed by atoms with van der Waals surface area (Å²) < 4.78 is 25.8. The van der Waals surface area contributed by atoms with Crippen LogP contribution in [0.2, 0.25) is 5.02 Å². The highest BCUT2D eigenvalue weighted by Crippen LogP contribution is 2.55. The summed E-state index contributed by atoms with van der Waals surface area (Å²) in [6.45, 7) is 0.115. The summed E-state index contributed by atoms with van der Waals surface area (Å²) >= 11 is 5.83. The average molecular weight is 337 g/mol. The highest BCUT2D eigenvalue weighted by molar-refractivity contribution is 7.92. The Balaban J connectivity index is 2.01. The molecule has 4 nitrogen and oxygen atoms in total. The third-order valence-corrected chi connectivity index (χ3v) is 6.85. The fourth-order valence-corrected chi connectivity index (χ4v) is 5.50. The van der Waals surface area contributed by atoms with Crippen molar-refractivity contribution in [1.82, 2.24) is 0 Å². The zero-order chi connectivity index (χ0) is 16.0. The maximum Gasteiger partial charge on any atom is 0.183 e. The largest absolute Gasteiger partial charge is 0.329 e. The lowest BCUT2D eigenvalue weighted by Gasteiger charge is -2.09. The van der Waals surface area contributed by atoms with Gasteiger partial charge in [-0.15, -0.1) is 0 Å². The van der Waals surface area contributed by atoms with Crippen LogP contribution in [0.25, 0.3) is 0 Å². The minimum Gasteiger partial charge on any atom is -0.329 e. The molecule has 0 spiro atoms. The summed E-state index contributed by atoms with van der Waals surface area (Å²) in [6, 6.07) is 15.6. The van der Waals surface area contributed by atoms with Crippen LogP contribution in [-0.4, -0.2) is 25.8 Å². The molecule has 4 N–H and O–H groups in total. The first kappa shape index (κ1) is 15.5. The molecule has 0 unspecified atom stereocenters. The van der Waals surface area contributed by atoms with Gasteiger partial charge >= 0.3 is 0 Å². The zero-order valence-electron chi connectivity index (χ0n) is 11.8. The Labute approximate surface area is 135 Å². The molecule has 0 heterocycles. The van der Waals surface area contributed by atoms with Crippen molar-refractivity contribution in [2.75, 3.05) is 6.54 Å². The molecule has 3 atom stereocenters. The lowest BCUT2D eigenvalue weighted by molar-refractivity contribution is 0.586. The molecule has 2 aromatic rings. The molecule has 1 aliphatic rings. The van der Waals surface area contributed by atoms with Crippen molar-refractivity contribution in [2.45, 2.75) is 21.6 Å². The van der Waals surface area contributed by atoms with E-state index in [2.05, 4.69) is 0 Å². The third-order valence-electron chi connectivity index (χ3n) is 4.29. The SMILES string of the molecule is NC[C@@]1(N)[C@@H](c2ccccc2)[C@@H]1S(=O)(=O)c1ccc(Cl)cc1. The van der Waals surface area contributed by atoms with Crippen molar-refractivity contribution in [3.8, 4) is 0 Å². The first-order chi connectivity index (χ1) is 10.4. The minimum absolute atomic E-state index is 0.115. The number of rotatable bonds is 4. The zero-order valence-corrected chi connectivity index (χ0v) is 13.4. The number of hydrogen-bond acceptors (Lipinski definition) is 4. The topological polar surface area (TPSA) is 86.2 Å². The molecule has 116 valence electrons. The predicted octanol–water partition coefficient (Wildman–Crippen LogP) is 1.94. The molecule has 22 heavy (non-hydrogen) atoms. The third kappa shape index (κ3) is 2.34. The van der Waals surface area contributed by atoms with E-state index >= 15 is 0 Å². The van der Waals surface area contributed by atoms with E-state index in [9.17, 15) is 8.42 Å². The van der Waals surface area contributed by atoms with Crippen LogP contribution in [0.15, 0.2) is 59.5 Å². The molecule has 2 aromatic carbocycles. The molecule has 1 saturated carbocycles. The predicted molar refractivity (Wildman–Crippen MR) is 87.6 cm³/mol. The van der Waals surface area contributed by atoms with Gasteiger partial charge in [-0.1, -0.05) is 41.9 Å². The molecular weight excluding hydrogens is 320 g/mol. The van der Waals surface area contributed by atoms with Crippen LogP contribution in [-0.2, 0) is 9.84 Å². The molecule has 0 saturated heterocycles. The van der Waals surface area contributed by atoms with Gasteiger partial charge in [0, 0.05) is 17.5 Å². The number of halogens is 1. The van der Waals surface area contributed by atoms with E-state index in [0.29, 0.717) is 5.02 Å². The fraction of sp³-hybridized carbons (Fsp3) is 0.250. The summed E-state index contributed by atoms with van der Waals surface area (Å²) in [7, 11) is -3.56. The lowest BCUT2D eigenvalue weighted by Crippen LogP contribution is -2.39. The van der Waals surface area contributed by atoms with Crippen LogP contribution in [0.3, 0.4) is 0 Å². The van der Waals surface area contributed by atoms with Crippen molar-refractivity contribution in [1.29, 1.82) is 0 Å². The quantitative estimate of drug-likeness (QED) is 0.893. The highest BCUT2D eigenvalue weighted by Gasteiger charge is 2.68. The first-order valence-electron chi connectivity index (χ1n) is 6.94. The van der Waals surface area contributed by atoms with Gasteiger partial charge in [0.05, 0.1) is 15.7 Å². The normalized spacial score (nSPS) is 27.6. The van der Waals surface area contributed by atoms with Crippen molar-refractivity contribution >= 4 is 21.4 Å². The molecule has 0 amide bonds. The van der Waals surface area contributed by atoms with E-state index in [4.69, 9.17) is 23.1 Å². The minimum atomic E-state index is -3.56.